The molecule has 7 heteroatoms. The molecule has 0 spiro atoms. The maximum Gasteiger partial charge on any atom is 0.241 e. The van der Waals surface area contributed by atoms with Gasteiger partial charge in [-0.2, -0.15) is 0 Å². The molecule has 2 aliphatic carbocycles. The summed E-state index contributed by atoms with van der Waals surface area (Å²) in [6.45, 7) is 7.77. The molecule has 142 valence electrons. The second-order valence-corrected chi connectivity index (χ2v) is 8.09. The molecule has 3 N–H and O–H groups in total. The third-order valence-corrected chi connectivity index (χ3v) is 6.44. The predicted molar refractivity (Wildman–Crippen MR) is 101 cm³/mol. The largest absolute Gasteiger partial charge is 0.377 e. The van der Waals surface area contributed by atoms with Crippen LogP contribution in [0.3, 0.4) is 0 Å². The Bertz CT molecular complexity index is 459. The maximum absolute atomic E-state index is 12.8. The monoisotopic (exact) mass is 381 g/mol. The number of nitrogens with one attached hydrogen (secondary N) is 1. The van der Waals surface area contributed by atoms with Crippen LogP contribution in [0.25, 0.3) is 0 Å². The van der Waals surface area contributed by atoms with Crippen molar-refractivity contribution in [1.82, 2.24) is 10.2 Å². The number of ether oxygens (including phenoxy) is 1. The number of halogens is 2. The van der Waals surface area contributed by atoms with Gasteiger partial charge in [0, 0.05) is 36.6 Å². The van der Waals surface area contributed by atoms with Crippen LogP contribution in [-0.4, -0.2) is 54.7 Å². The van der Waals surface area contributed by atoms with Gasteiger partial charge in [0.1, 0.15) is 5.54 Å². The number of carbonyl (C=O) groups is 1. The van der Waals surface area contributed by atoms with Gasteiger partial charge in [0.15, 0.2) is 0 Å². The van der Waals surface area contributed by atoms with E-state index in [1.54, 1.807) is 0 Å². The summed E-state index contributed by atoms with van der Waals surface area (Å²) in [5, 5.41) is 3.12. The van der Waals surface area contributed by atoms with Gasteiger partial charge in [-0.1, -0.05) is 13.8 Å². The Balaban J connectivity index is 0.00000144. The first-order valence-electron chi connectivity index (χ1n) is 8.71. The number of amides is 1. The minimum Gasteiger partial charge on any atom is -0.377 e. The molecule has 0 aromatic carbocycles. The van der Waals surface area contributed by atoms with Crippen molar-refractivity contribution in [1.29, 1.82) is 0 Å². The number of carbonyl (C=O) groups excluding carboxylic acids is 1. The minimum absolute atomic E-state index is 0. The number of fused-ring (bicyclic) bond motifs is 1. The van der Waals surface area contributed by atoms with E-state index >= 15 is 0 Å². The van der Waals surface area contributed by atoms with E-state index in [-0.39, 0.29) is 48.2 Å². The van der Waals surface area contributed by atoms with Crippen molar-refractivity contribution in [2.75, 3.05) is 20.2 Å². The van der Waals surface area contributed by atoms with Crippen molar-refractivity contribution in [2.24, 2.45) is 17.1 Å². The fourth-order valence-corrected chi connectivity index (χ4v) is 4.41. The number of nitrogens with zero attached hydrogens (tertiary/aromatic N) is 1. The van der Waals surface area contributed by atoms with Crippen LogP contribution in [0.4, 0.5) is 0 Å². The fourth-order valence-electron chi connectivity index (χ4n) is 4.41. The smallest absolute Gasteiger partial charge is 0.241 e. The van der Waals surface area contributed by atoms with Crippen LogP contribution in [0.1, 0.15) is 46.5 Å². The fraction of sp³-hybridized carbons (Fsp3) is 0.941. The van der Waals surface area contributed by atoms with Crippen molar-refractivity contribution in [3.63, 3.8) is 0 Å². The molecule has 0 aromatic rings. The highest BCUT2D eigenvalue weighted by Crippen LogP contribution is 2.57. The number of nitrogens with two attached hydrogens (primary N) is 1. The quantitative estimate of drug-likeness (QED) is 0.763. The molecule has 3 fully saturated rings. The summed E-state index contributed by atoms with van der Waals surface area (Å²) in [5.74, 6) is 0.160. The molecule has 3 rings (SSSR count). The minimum atomic E-state index is -0.796. The van der Waals surface area contributed by atoms with E-state index < -0.39 is 5.54 Å². The van der Waals surface area contributed by atoms with Gasteiger partial charge in [0.2, 0.25) is 5.91 Å². The molecule has 1 aliphatic heterocycles. The van der Waals surface area contributed by atoms with Gasteiger partial charge in [-0.25, -0.2) is 0 Å². The zero-order valence-electron chi connectivity index (χ0n) is 15.2. The van der Waals surface area contributed by atoms with Gasteiger partial charge < -0.3 is 15.8 Å². The van der Waals surface area contributed by atoms with E-state index in [0.717, 1.165) is 19.4 Å². The first kappa shape index (κ1) is 22.0. The lowest BCUT2D eigenvalue weighted by Gasteiger charge is -2.65. The Labute approximate surface area is 158 Å². The summed E-state index contributed by atoms with van der Waals surface area (Å²) in [4.78, 5) is 15.2. The number of likely N-dealkylation sites (N-methyl/N-ethyl adjacent to an activating group) is 1. The van der Waals surface area contributed by atoms with E-state index in [0.29, 0.717) is 18.6 Å². The van der Waals surface area contributed by atoms with E-state index in [9.17, 15) is 4.79 Å². The van der Waals surface area contributed by atoms with Gasteiger partial charge in [0.25, 0.3) is 0 Å². The molecular weight excluding hydrogens is 349 g/mol. The molecule has 1 amide bonds. The van der Waals surface area contributed by atoms with Crippen molar-refractivity contribution >= 4 is 30.7 Å². The molecule has 0 radical (unpaired) electrons. The third kappa shape index (κ3) is 3.30. The maximum atomic E-state index is 12.8. The zero-order chi connectivity index (χ0) is 16.1. The summed E-state index contributed by atoms with van der Waals surface area (Å²) in [7, 11) is 2.14. The Kier molecular flexibility index (Phi) is 7.02. The SMILES string of the molecule is CC(CNC(=O)C1(N)C2CCCOC2C1(C)C)N(C)C1CC1.Cl.Cl. The highest BCUT2D eigenvalue weighted by atomic mass is 35.5. The van der Waals surface area contributed by atoms with Gasteiger partial charge in [-0.05, 0) is 39.7 Å². The Hall–Kier alpha value is -0.0700. The average molecular weight is 382 g/mol. The van der Waals surface area contributed by atoms with Crippen molar-refractivity contribution in [3.05, 3.63) is 0 Å². The van der Waals surface area contributed by atoms with Gasteiger partial charge in [0.05, 0.1) is 6.10 Å². The summed E-state index contributed by atoms with van der Waals surface area (Å²) in [6, 6.07) is 1.05. The van der Waals surface area contributed by atoms with E-state index in [1.165, 1.54) is 12.8 Å². The van der Waals surface area contributed by atoms with Crippen molar-refractivity contribution in [2.45, 2.75) is 70.2 Å². The highest BCUT2D eigenvalue weighted by molar-refractivity contribution is 5.89. The van der Waals surface area contributed by atoms with Crippen LogP contribution in [0.5, 0.6) is 0 Å². The van der Waals surface area contributed by atoms with Crippen LogP contribution in [0.15, 0.2) is 0 Å². The van der Waals surface area contributed by atoms with E-state index in [4.69, 9.17) is 10.5 Å². The van der Waals surface area contributed by atoms with Crippen LogP contribution in [0, 0.1) is 11.3 Å². The lowest BCUT2D eigenvalue weighted by molar-refractivity contribution is -0.225. The normalized spacial score (nSPS) is 34.9. The topological polar surface area (TPSA) is 67.6 Å². The van der Waals surface area contributed by atoms with Crippen LogP contribution in [0.2, 0.25) is 0 Å². The first-order chi connectivity index (χ1) is 10.3. The molecule has 1 saturated heterocycles. The van der Waals surface area contributed by atoms with Crippen LogP contribution < -0.4 is 11.1 Å². The van der Waals surface area contributed by atoms with Crippen LogP contribution >= 0.6 is 24.8 Å². The second kappa shape index (κ2) is 7.67. The summed E-state index contributed by atoms with van der Waals surface area (Å²) < 4.78 is 5.87. The Morgan fingerprint density at radius 1 is 1.33 bits per heavy atom. The third-order valence-electron chi connectivity index (χ3n) is 6.44. The molecule has 0 bridgehead atoms. The van der Waals surface area contributed by atoms with Crippen molar-refractivity contribution < 1.29 is 9.53 Å². The molecule has 0 aromatic heterocycles. The van der Waals surface area contributed by atoms with Crippen LogP contribution in [-0.2, 0) is 9.53 Å². The second-order valence-electron chi connectivity index (χ2n) is 8.09. The first-order valence-corrected chi connectivity index (χ1v) is 8.71. The Morgan fingerprint density at radius 3 is 2.54 bits per heavy atom. The standard InChI is InChI=1S/C17H31N3O2.2ClH/c1-11(20(4)12-7-8-12)10-19-15(21)17(18)13-6-5-9-22-14(13)16(17,2)3;;/h11-14H,5-10,18H2,1-4H3,(H,19,21);2*1H. The molecule has 4 atom stereocenters. The van der Waals surface area contributed by atoms with Gasteiger partial charge >= 0.3 is 0 Å². The molecule has 24 heavy (non-hydrogen) atoms. The predicted octanol–water partition coefficient (Wildman–Crippen LogP) is 1.96. The molecule has 3 aliphatic rings. The average Bonchev–Trinajstić information content (AvgIpc) is 3.35. The molecule has 1 heterocycles. The Morgan fingerprint density at radius 2 is 1.96 bits per heavy atom. The summed E-state index contributed by atoms with van der Waals surface area (Å²) >= 11 is 0. The van der Waals surface area contributed by atoms with Gasteiger partial charge in [-0.15, -0.1) is 24.8 Å². The number of hydrogen-bond acceptors (Lipinski definition) is 4. The lowest BCUT2D eigenvalue weighted by Crippen LogP contribution is -2.82. The molecular formula is C17H33Cl2N3O2. The lowest BCUT2D eigenvalue weighted by atomic mass is 9.46. The molecule has 2 saturated carbocycles. The van der Waals surface area contributed by atoms with Gasteiger partial charge in [-0.3, -0.25) is 9.69 Å². The summed E-state index contributed by atoms with van der Waals surface area (Å²) in [6.07, 6.45) is 4.69. The van der Waals surface area contributed by atoms with Crippen molar-refractivity contribution in [3.8, 4) is 0 Å². The molecule has 5 nitrogen and oxygen atoms in total. The molecule has 4 unspecified atom stereocenters. The number of rotatable bonds is 5. The highest BCUT2D eigenvalue weighted by Gasteiger charge is 2.70. The van der Waals surface area contributed by atoms with E-state index in [2.05, 4.69) is 38.0 Å². The number of hydrogen-bond donors (Lipinski definition) is 2. The summed E-state index contributed by atoms with van der Waals surface area (Å²) in [5.41, 5.74) is 5.51. The van der Waals surface area contributed by atoms with E-state index in [1.807, 2.05) is 0 Å². The zero-order valence-corrected chi connectivity index (χ0v) is 16.8.